The minimum Gasteiger partial charge on any atom is -0.480 e. The maximum absolute atomic E-state index is 10.4. The van der Waals surface area contributed by atoms with Gasteiger partial charge >= 0.3 is 5.97 Å². The predicted molar refractivity (Wildman–Crippen MR) is 50.8 cm³/mol. The molecule has 4 nitrogen and oxygen atoms in total. The normalized spacial score (nSPS) is 11.3. The number of carbonyl (C=O) groups is 1. The van der Waals surface area contributed by atoms with Gasteiger partial charge in [0.05, 0.1) is 13.2 Å². The zero-order valence-corrected chi connectivity index (χ0v) is 8.19. The molecule has 0 radical (unpaired) electrons. The van der Waals surface area contributed by atoms with E-state index in [9.17, 15) is 4.79 Å². The van der Waals surface area contributed by atoms with Crippen molar-refractivity contribution in [2.24, 2.45) is 0 Å². The SMILES string of the molecule is C/C=C/CN(CCOC)CC(=O)O. The summed E-state index contributed by atoms with van der Waals surface area (Å²) in [4.78, 5) is 12.2. The van der Waals surface area contributed by atoms with Crippen molar-refractivity contribution in [3.8, 4) is 0 Å². The van der Waals surface area contributed by atoms with Crippen molar-refractivity contribution >= 4 is 5.97 Å². The number of methoxy groups -OCH3 is 1. The average molecular weight is 187 g/mol. The van der Waals surface area contributed by atoms with Crippen LogP contribution in [0.25, 0.3) is 0 Å². The van der Waals surface area contributed by atoms with E-state index in [1.807, 2.05) is 24.0 Å². The molecular formula is C9H17NO3. The van der Waals surface area contributed by atoms with E-state index in [-0.39, 0.29) is 6.54 Å². The molecule has 0 atom stereocenters. The van der Waals surface area contributed by atoms with Crippen LogP contribution in [0.2, 0.25) is 0 Å². The molecular weight excluding hydrogens is 170 g/mol. The van der Waals surface area contributed by atoms with Gasteiger partial charge in [0.1, 0.15) is 0 Å². The number of nitrogens with zero attached hydrogens (tertiary/aromatic N) is 1. The number of carboxylic acids is 1. The fourth-order valence-corrected chi connectivity index (χ4v) is 0.901. The molecule has 0 aromatic rings. The van der Waals surface area contributed by atoms with Gasteiger partial charge in [-0.1, -0.05) is 12.2 Å². The monoisotopic (exact) mass is 187 g/mol. The van der Waals surface area contributed by atoms with Crippen LogP contribution in [0, 0.1) is 0 Å². The number of rotatable bonds is 7. The maximum atomic E-state index is 10.4. The van der Waals surface area contributed by atoms with Gasteiger partial charge in [0, 0.05) is 20.2 Å². The molecule has 0 aromatic heterocycles. The number of allylic oxidation sites excluding steroid dienone is 1. The highest BCUT2D eigenvalue weighted by molar-refractivity contribution is 5.69. The van der Waals surface area contributed by atoms with E-state index in [0.29, 0.717) is 19.7 Å². The van der Waals surface area contributed by atoms with Crippen molar-refractivity contribution in [1.82, 2.24) is 4.90 Å². The standard InChI is InChI=1S/C9H17NO3/c1-3-4-5-10(6-7-13-2)8-9(11)12/h3-4H,5-8H2,1-2H3,(H,11,12)/b4-3+. The molecule has 0 rings (SSSR count). The smallest absolute Gasteiger partial charge is 0.317 e. The van der Waals surface area contributed by atoms with E-state index in [0.717, 1.165) is 0 Å². The highest BCUT2D eigenvalue weighted by Gasteiger charge is 2.06. The Kier molecular flexibility index (Phi) is 7.24. The Bertz CT molecular complexity index is 168. The highest BCUT2D eigenvalue weighted by atomic mass is 16.5. The Hall–Kier alpha value is -0.870. The Balaban J connectivity index is 3.79. The molecule has 0 aliphatic rings. The Labute approximate surface area is 78.8 Å². The summed E-state index contributed by atoms with van der Waals surface area (Å²) in [6, 6.07) is 0. The molecule has 1 N–H and O–H groups in total. The lowest BCUT2D eigenvalue weighted by molar-refractivity contribution is -0.138. The molecule has 0 aliphatic heterocycles. The Morgan fingerprint density at radius 3 is 2.77 bits per heavy atom. The number of aliphatic carboxylic acids is 1. The molecule has 0 fully saturated rings. The van der Waals surface area contributed by atoms with Crippen molar-refractivity contribution in [2.75, 3.05) is 33.4 Å². The summed E-state index contributed by atoms with van der Waals surface area (Å²) in [6.45, 7) is 3.84. The number of ether oxygens (including phenoxy) is 1. The van der Waals surface area contributed by atoms with E-state index in [2.05, 4.69) is 0 Å². The largest absolute Gasteiger partial charge is 0.480 e. The molecule has 4 heteroatoms. The molecule has 0 bridgehead atoms. The van der Waals surface area contributed by atoms with Crippen LogP contribution in [-0.4, -0.2) is 49.3 Å². The van der Waals surface area contributed by atoms with Gasteiger partial charge in [-0.05, 0) is 6.92 Å². The lowest BCUT2D eigenvalue weighted by Gasteiger charge is -2.17. The van der Waals surface area contributed by atoms with Crippen LogP contribution in [0.15, 0.2) is 12.2 Å². The third kappa shape index (κ3) is 7.49. The minimum absolute atomic E-state index is 0.0632. The number of hydrogen-bond donors (Lipinski definition) is 1. The zero-order chi connectivity index (χ0) is 10.1. The lowest BCUT2D eigenvalue weighted by Crippen LogP contribution is -2.32. The quantitative estimate of drug-likeness (QED) is 0.593. The predicted octanol–water partition coefficient (Wildman–Crippen LogP) is 0.595. The van der Waals surface area contributed by atoms with Crippen LogP contribution in [0.1, 0.15) is 6.92 Å². The average Bonchev–Trinajstić information content (AvgIpc) is 2.09. The topological polar surface area (TPSA) is 49.8 Å². The molecule has 0 aliphatic carbocycles. The van der Waals surface area contributed by atoms with Crippen LogP contribution in [-0.2, 0) is 9.53 Å². The molecule has 0 saturated heterocycles. The second-order valence-corrected chi connectivity index (χ2v) is 2.69. The van der Waals surface area contributed by atoms with Gasteiger partial charge in [0.25, 0.3) is 0 Å². The molecule has 0 saturated carbocycles. The summed E-state index contributed by atoms with van der Waals surface area (Å²) in [7, 11) is 1.61. The van der Waals surface area contributed by atoms with Crippen LogP contribution < -0.4 is 0 Å². The second kappa shape index (κ2) is 7.76. The summed E-state index contributed by atoms with van der Waals surface area (Å²) in [5.74, 6) is -0.805. The Morgan fingerprint density at radius 2 is 2.31 bits per heavy atom. The van der Waals surface area contributed by atoms with E-state index in [1.54, 1.807) is 7.11 Å². The molecule has 0 unspecified atom stereocenters. The Morgan fingerprint density at radius 1 is 1.62 bits per heavy atom. The number of carboxylic acid groups (broad SMARTS) is 1. The zero-order valence-electron chi connectivity index (χ0n) is 8.19. The van der Waals surface area contributed by atoms with Crippen LogP contribution >= 0.6 is 0 Å². The summed E-state index contributed by atoms with van der Waals surface area (Å²) in [6.07, 6.45) is 3.83. The van der Waals surface area contributed by atoms with Gasteiger partial charge in [-0.2, -0.15) is 0 Å². The van der Waals surface area contributed by atoms with E-state index in [4.69, 9.17) is 9.84 Å². The highest BCUT2D eigenvalue weighted by Crippen LogP contribution is 1.89. The van der Waals surface area contributed by atoms with Gasteiger partial charge in [-0.15, -0.1) is 0 Å². The fourth-order valence-electron chi connectivity index (χ4n) is 0.901. The van der Waals surface area contributed by atoms with Crippen molar-refractivity contribution in [3.05, 3.63) is 12.2 Å². The fraction of sp³-hybridized carbons (Fsp3) is 0.667. The molecule has 0 aromatic carbocycles. The molecule has 76 valence electrons. The van der Waals surface area contributed by atoms with Gasteiger partial charge in [-0.25, -0.2) is 0 Å². The van der Waals surface area contributed by atoms with Crippen molar-refractivity contribution in [2.45, 2.75) is 6.92 Å². The first-order chi connectivity index (χ1) is 6.20. The first-order valence-corrected chi connectivity index (χ1v) is 4.25. The van der Waals surface area contributed by atoms with E-state index < -0.39 is 5.97 Å². The van der Waals surface area contributed by atoms with Gasteiger partial charge in [-0.3, -0.25) is 9.69 Å². The minimum atomic E-state index is -0.805. The third-order valence-electron chi connectivity index (χ3n) is 1.57. The maximum Gasteiger partial charge on any atom is 0.317 e. The van der Waals surface area contributed by atoms with E-state index in [1.165, 1.54) is 0 Å². The van der Waals surface area contributed by atoms with Gasteiger partial charge in [0.2, 0.25) is 0 Å². The summed E-state index contributed by atoms with van der Waals surface area (Å²) in [5, 5.41) is 8.58. The van der Waals surface area contributed by atoms with Gasteiger partial charge in [0.15, 0.2) is 0 Å². The summed E-state index contributed by atoms with van der Waals surface area (Å²) in [5.41, 5.74) is 0. The first kappa shape index (κ1) is 12.1. The second-order valence-electron chi connectivity index (χ2n) is 2.69. The van der Waals surface area contributed by atoms with Crippen LogP contribution in [0.3, 0.4) is 0 Å². The molecule has 0 amide bonds. The molecule has 0 heterocycles. The molecule has 13 heavy (non-hydrogen) atoms. The summed E-state index contributed by atoms with van der Waals surface area (Å²) < 4.78 is 4.88. The van der Waals surface area contributed by atoms with E-state index >= 15 is 0 Å². The first-order valence-electron chi connectivity index (χ1n) is 4.25. The van der Waals surface area contributed by atoms with Crippen molar-refractivity contribution < 1.29 is 14.6 Å². The number of hydrogen-bond acceptors (Lipinski definition) is 3. The van der Waals surface area contributed by atoms with Crippen molar-refractivity contribution in [1.29, 1.82) is 0 Å². The molecule has 0 spiro atoms. The van der Waals surface area contributed by atoms with Gasteiger partial charge < -0.3 is 9.84 Å². The van der Waals surface area contributed by atoms with Crippen molar-refractivity contribution in [3.63, 3.8) is 0 Å². The third-order valence-corrected chi connectivity index (χ3v) is 1.57. The van der Waals surface area contributed by atoms with Crippen LogP contribution in [0.4, 0.5) is 0 Å². The van der Waals surface area contributed by atoms with Crippen LogP contribution in [0.5, 0.6) is 0 Å². The lowest BCUT2D eigenvalue weighted by atomic mass is 10.4. The summed E-state index contributed by atoms with van der Waals surface area (Å²) >= 11 is 0.